The maximum Gasteiger partial charge on any atom is 0.239 e. The first-order chi connectivity index (χ1) is 6.68. The summed E-state index contributed by atoms with van der Waals surface area (Å²) in [4.78, 5) is 24.2. The first kappa shape index (κ1) is 9.98. The quantitative estimate of drug-likeness (QED) is 0.662. The van der Waals surface area contributed by atoms with Gasteiger partial charge in [-0.25, -0.2) is 0 Å². The Bertz CT molecular complexity index is 250. The Morgan fingerprint density at radius 3 is 2.43 bits per heavy atom. The summed E-state index contributed by atoms with van der Waals surface area (Å²) in [6, 6.07) is -0.00833. The monoisotopic (exact) mass is 214 g/mol. The van der Waals surface area contributed by atoms with Crippen LogP contribution in [0.15, 0.2) is 0 Å². The molecule has 1 aliphatic heterocycles. The van der Waals surface area contributed by atoms with Gasteiger partial charge in [-0.2, -0.15) is 0 Å². The molecule has 2 N–H and O–H groups in total. The number of nitrogens with zero attached hydrogens (tertiary/aromatic N) is 1. The van der Waals surface area contributed by atoms with Crippen LogP contribution >= 0.6 is 11.8 Å². The zero-order chi connectivity index (χ0) is 10.1. The van der Waals surface area contributed by atoms with Crippen LogP contribution in [0.25, 0.3) is 0 Å². The van der Waals surface area contributed by atoms with Crippen LogP contribution in [0, 0.1) is 5.92 Å². The summed E-state index contributed by atoms with van der Waals surface area (Å²) in [6.07, 6.45) is 2.29. The van der Waals surface area contributed by atoms with E-state index in [0.717, 1.165) is 12.8 Å². The molecule has 1 atom stereocenters. The third-order valence-corrected chi connectivity index (χ3v) is 3.58. The predicted octanol–water partition coefficient (Wildman–Crippen LogP) is -0.174. The lowest BCUT2D eigenvalue weighted by molar-refractivity contribution is -0.142. The predicted molar refractivity (Wildman–Crippen MR) is 54.7 cm³/mol. The molecule has 1 aliphatic carbocycles. The lowest BCUT2D eigenvalue weighted by Gasteiger charge is -2.27. The fraction of sp³-hybridized carbons (Fsp3) is 0.778. The zero-order valence-corrected chi connectivity index (χ0v) is 8.76. The summed E-state index contributed by atoms with van der Waals surface area (Å²) in [5, 5.41) is 0. The molecule has 5 heteroatoms. The van der Waals surface area contributed by atoms with Gasteiger partial charge in [-0.15, -0.1) is 11.8 Å². The summed E-state index contributed by atoms with van der Waals surface area (Å²) >= 11 is 1.38. The lowest BCUT2D eigenvalue weighted by atomic mass is 10.2. The van der Waals surface area contributed by atoms with Crippen molar-refractivity contribution in [3.63, 3.8) is 0 Å². The van der Waals surface area contributed by atoms with E-state index < -0.39 is 0 Å². The van der Waals surface area contributed by atoms with Gasteiger partial charge in [-0.1, -0.05) is 0 Å². The summed E-state index contributed by atoms with van der Waals surface area (Å²) in [5.41, 5.74) is 5.88. The van der Waals surface area contributed by atoms with Crippen LogP contribution in [0.5, 0.6) is 0 Å². The summed E-state index contributed by atoms with van der Waals surface area (Å²) in [6.45, 7) is 0.420. The average molecular weight is 214 g/mol. The van der Waals surface area contributed by atoms with Gasteiger partial charge < -0.3 is 5.73 Å². The van der Waals surface area contributed by atoms with Crippen molar-refractivity contribution in [2.24, 2.45) is 11.7 Å². The first-order valence-electron chi connectivity index (χ1n) is 4.85. The molecule has 1 heterocycles. The minimum atomic E-state index is -0.0812. The van der Waals surface area contributed by atoms with Crippen LogP contribution in [0.4, 0.5) is 0 Å². The van der Waals surface area contributed by atoms with Crippen molar-refractivity contribution in [3.8, 4) is 0 Å². The average Bonchev–Trinajstić information content (AvgIpc) is 2.94. The molecule has 2 amide bonds. The van der Waals surface area contributed by atoms with Gasteiger partial charge in [0.25, 0.3) is 0 Å². The van der Waals surface area contributed by atoms with Gasteiger partial charge in [0.15, 0.2) is 0 Å². The number of amides is 2. The van der Waals surface area contributed by atoms with E-state index in [1.807, 2.05) is 0 Å². The molecule has 1 saturated heterocycles. The summed E-state index contributed by atoms with van der Waals surface area (Å²) in [7, 11) is 0. The molecule has 2 fully saturated rings. The van der Waals surface area contributed by atoms with Crippen molar-refractivity contribution in [1.82, 2.24) is 4.90 Å². The van der Waals surface area contributed by atoms with Crippen molar-refractivity contribution < 1.29 is 9.59 Å². The third kappa shape index (κ3) is 2.09. The highest BCUT2D eigenvalue weighted by molar-refractivity contribution is 8.00. The smallest absolute Gasteiger partial charge is 0.239 e. The van der Waals surface area contributed by atoms with Crippen LogP contribution in [0.1, 0.15) is 12.8 Å². The highest BCUT2D eigenvalue weighted by Gasteiger charge is 2.34. The number of rotatable bonds is 3. The second-order valence-electron chi connectivity index (χ2n) is 3.89. The number of carbonyl (C=O) groups excluding carboxylic acids is 2. The standard InChI is InChI=1S/C9H14N2O2S/c10-7(6-1-2-6)3-11-8(12)4-14-5-9(11)13/h6-7H,1-5,10H2. The largest absolute Gasteiger partial charge is 0.326 e. The molecule has 0 aromatic carbocycles. The van der Waals surface area contributed by atoms with Gasteiger partial charge in [0.05, 0.1) is 11.5 Å². The Labute approximate surface area is 87.2 Å². The SMILES string of the molecule is NC(CN1C(=O)CSCC1=O)C1CC1. The van der Waals surface area contributed by atoms with Crippen molar-refractivity contribution in [2.75, 3.05) is 18.1 Å². The van der Waals surface area contributed by atoms with E-state index in [0.29, 0.717) is 24.0 Å². The van der Waals surface area contributed by atoms with E-state index in [9.17, 15) is 9.59 Å². The minimum absolute atomic E-state index is 0.00833. The number of thioether (sulfide) groups is 1. The maximum atomic E-state index is 11.4. The lowest BCUT2D eigenvalue weighted by Crippen LogP contribution is -2.49. The Hall–Kier alpha value is -0.550. The molecule has 14 heavy (non-hydrogen) atoms. The number of carbonyl (C=O) groups is 2. The molecule has 0 aromatic rings. The van der Waals surface area contributed by atoms with E-state index in [-0.39, 0.29) is 17.9 Å². The van der Waals surface area contributed by atoms with Crippen LogP contribution in [0.2, 0.25) is 0 Å². The second-order valence-corrected chi connectivity index (χ2v) is 4.88. The summed E-state index contributed by atoms with van der Waals surface area (Å²) in [5.74, 6) is 1.21. The first-order valence-corrected chi connectivity index (χ1v) is 6.00. The van der Waals surface area contributed by atoms with Crippen molar-refractivity contribution in [2.45, 2.75) is 18.9 Å². The van der Waals surface area contributed by atoms with Gasteiger partial charge in [-0.05, 0) is 18.8 Å². The van der Waals surface area contributed by atoms with Gasteiger partial charge in [0.1, 0.15) is 0 Å². The van der Waals surface area contributed by atoms with Gasteiger partial charge in [-0.3, -0.25) is 14.5 Å². The highest BCUT2D eigenvalue weighted by Crippen LogP contribution is 2.32. The molecule has 0 bridgehead atoms. The highest BCUT2D eigenvalue weighted by atomic mass is 32.2. The Morgan fingerprint density at radius 1 is 1.36 bits per heavy atom. The Kier molecular flexibility index (Phi) is 2.78. The molecule has 2 rings (SSSR count). The number of hydrogen-bond acceptors (Lipinski definition) is 4. The molecule has 4 nitrogen and oxygen atoms in total. The molecular formula is C9H14N2O2S. The molecule has 1 unspecified atom stereocenters. The van der Waals surface area contributed by atoms with Crippen molar-refractivity contribution in [3.05, 3.63) is 0 Å². The van der Waals surface area contributed by atoms with Gasteiger partial charge >= 0.3 is 0 Å². The molecular weight excluding hydrogens is 200 g/mol. The van der Waals surface area contributed by atoms with Crippen LogP contribution in [-0.2, 0) is 9.59 Å². The molecule has 0 radical (unpaired) electrons. The van der Waals surface area contributed by atoms with Crippen molar-refractivity contribution in [1.29, 1.82) is 0 Å². The minimum Gasteiger partial charge on any atom is -0.326 e. The van der Waals surface area contributed by atoms with Crippen molar-refractivity contribution >= 4 is 23.6 Å². The fourth-order valence-electron chi connectivity index (χ4n) is 1.61. The van der Waals surface area contributed by atoms with Gasteiger partial charge in [0, 0.05) is 12.6 Å². The Morgan fingerprint density at radius 2 is 1.93 bits per heavy atom. The van der Waals surface area contributed by atoms with Gasteiger partial charge in [0.2, 0.25) is 11.8 Å². The van der Waals surface area contributed by atoms with Crippen LogP contribution in [0.3, 0.4) is 0 Å². The number of hydrogen-bond donors (Lipinski definition) is 1. The molecule has 0 spiro atoms. The van der Waals surface area contributed by atoms with E-state index in [4.69, 9.17) is 5.73 Å². The Balaban J connectivity index is 1.92. The van der Waals surface area contributed by atoms with E-state index in [1.165, 1.54) is 16.7 Å². The van der Waals surface area contributed by atoms with E-state index in [1.54, 1.807) is 0 Å². The van der Waals surface area contributed by atoms with Crippen LogP contribution < -0.4 is 5.73 Å². The maximum absolute atomic E-state index is 11.4. The third-order valence-electron chi connectivity index (χ3n) is 2.67. The van der Waals surface area contributed by atoms with E-state index >= 15 is 0 Å². The topological polar surface area (TPSA) is 63.4 Å². The number of nitrogens with two attached hydrogens (primary N) is 1. The zero-order valence-electron chi connectivity index (χ0n) is 7.94. The van der Waals surface area contributed by atoms with E-state index in [2.05, 4.69) is 0 Å². The molecule has 0 aromatic heterocycles. The second kappa shape index (κ2) is 3.90. The number of imide groups is 1. The normalized spacial score (nSPS) is 25.4. The fourth-order valence-corrected chi connectivity index (χ4v) is 2.37. The molecule has 2 aliphatic rings. The summed E-state index contributed by atoms with van der Waals surface area (Å²) < 4.78 is 0. The molecule has 1 saturated carbocycles. The van der Waals surface area contributed by atoms with Crippen LogP contribution in [-0.4, -0.2) is 40.8 Å². The molecule has 78 valence electrons.